The standard InChI is InChI=1S/C34H65O10P/c1-3-5-7-9-11-13-14-15-16-18-20-22-24-26-34(38)44-32(30-43-45(39,40)42-28-31(36)27-35)29-41-33(37)25-23-21-19-17-12-10-8-6-4-2/h13-14,31-32,35-36H,3-12,15-30H2,1-2H3,(H,39,40)/b14-13-/t31-,32+/m0/s1. The van der Waals surface area contributed by atoms with Crippen LogP contribution >= 0.6 is 7.82 Å². The third-order valence-corrected chi connectivity index (χ3v) is 8.37. The molecule has 0 radical (unpaired) electrons. The smallest absolute Gasteiger partial charge is 0.462 e. The van der Waals surface area contributed by atoms with Crippen molar-refractivity contribution in [2.24, 2.45) is 0 Å². The molecule has 0 saturated heterocycles. The summed E-state index contributed by atoms with van der Waals surface area (Å²) in [6.07, 6.45) is 24.8. The molecule has 0 rings (SSSR count). The Morgan fingerprint density at radius 1 is 0.644 bits per heavy atom. The second-order valence-electron chi connectivity index (χ2n) is 11.9. The topological polar surface area (TPSA) is 149 Å². The molecule has 0 saturated carbocycles. The molecule has 3 N–H and O–H groups in total. The predicted octanol–water partition coefficient (Wildman–Crippen LogP) is 8.11. The first-order valence-corrected chi connectivity index (χ1v) is 19.1. The van der Waals surface area contributed by atoms with Crippen molar-refractivity contribution in [3.8, 4) is 0 Å². The van der Waals surface area contributed by atoms with Crippen molar-refractivity contribution in [2.75, 3.05) is 26.4 Å². The molecule has 0 bridgehead atoms. The van der Waals surface area contributed by atoms with Crippen LogP contribution in [0.1, 0.15) is 155 Å². The van der Waals surface area contributed by atoms with Gasteiger partial charge in [0.15, 0.2) is 6.10 Å². The fraction of sp³-hybridized carbons (Fsp3) is 0.882. The van der Waals surface area contributed by atoms with E-state index < -0.39 is 51.8 Å². The molecule has 0 aromatic rings. The van der Waals surface area contributed by atoms with Gasteiger partial charge in [-0.25, -0.2) is 4.57 Å². The molecule has 0 fully saturated rings. The molecule has 11 heteroatoms. The van der Waals surface area contributed by atoms with E-state index in [0.717, 1.165) is 57.8 Å². The number of ether oxygens (including phenoxy) is 2. The second kappa shape index (κ2) is 31.3. The molecule has 10 nitrogen and oxygen atoms in total. The number of aliphatic hydroxyl groups is 2. The van der Waals surface area contributed by atoms with Crippen LogP contribution in [0.5, 0.6) is 0 Å². The van der Waals surface area contributed by atoms with Gasteiger partial charge in [-0.2, -0.15) is 0 Å². The third kappa shape index (κ3) is 31.1. The van der Waals surface area contributed by atoms with Crippen LogP contribution in [0.25, 0.3) is 0 Å². The lowest BCUT2D eigenvalue weighted by atomic mass is 10.1. The maximum Gasteiger partial charge on any atom is 0.472 e. The first-order valence-electron chi connectivity index (χ1n) is 17.6. The molecule has 0 aliphatic rings. The molecular formula is C34H65O10P. The Morgan fingerprint density at radius 2 is 1.09 bits per heavy atom. The van der Waals surface area contributed by atoms with Gasteiger partial charge in [0.05, 0.1) is 19.8 Å². The summed E-state index contributed by atoms with van der Waals surface area (Å²) in [5.74, 6) is -0.936. The fourth-order valence-corrected chi connectivity index (χ4v) is 5.42. The van der Waals surface area contributed by atoms with Gasteiger partial charge in [-0.05, 0) is 38.5 Å². The number of allylic oxidation sites excluding steroid dienone is 2. The van der Waals surface area contributed by atoms with E-state index in [0.29, 0.717) is 12.8 Å². The summed E-state index contributed by atoms with van der Waals surface area (Å²) in [7, 11) is -4.60. The Bertz CT molecular complexity index is 776. The van der Waals surface area contributed by atoms with Crippen LogP contribution in [0.3, 0.4) is 0 Å². The highest BCUT2D eigenvalue weighted by Gasteiger charge is 2.27. The molecule has 0 aliphatic carbocycles. The van der Waals surface area contributed by atoms with Crippen molar-refractivity contribution in [3.05, 3.63) is 12.2 Å². The van der Waals surface area contributed by atoms with Crippen LogP contribution in [0, 0.1) is 0 Å². The molecule has 0 amide bonds. The van der Waals surface area contributed by atoms with Crippen molar-refractivity contribution in [2.45, 2.75) is 167 Å². The average Bonchev–Trinajstić information content (AvgIpc) is 3.02. The number of hydrogen-bond acceptors (Lipinski definition) is 9. The quantitative estimate of drug-likeness (QED) is 0.0272. The number of carbonyl (C=O) groups excluding carboxylic acids is 2. The summed E-state index contributed by atoms with van der Waals surface area (Å²) in [5, 5.41) is 18.2. The number of phosphoric ester groups is 1. The lowest BCUT2D eigenvalue weighted by Crippen LogP contribution is -2.29. The molecule has 0 aromatic carbocycles. The van der Waals surface area contributed by atoms with Gasteiger partial charge in [0, 0.05) is 12.8 Å². The van der Waals surface area contributed by atoms with Crippen LogP contribution in [0.2, 0.25) is 0 Å². The molecule has 0 aliphatic heterocycles. The van der Waals surface area contributed by atoms with E-state index in [1.165, 1.54) is 57.8 Å². The summed E-state index contributed by atoms with van der Waals surface area (Å²) in [4.78, 5) is 34.6. The molecular weight excluding hydrogens is 599 g/mol. The van der Waals surface area contributed by atoms with Gasteiger partial charge in [-0.15, -0.1) is 0 Å². The summed E-state index contributed by atoms with van der Waals surface area (Å²) in [6.45, 7) is 2.31. The number of phosphoric acid groups is 1. The van der Waals surface area contributed by atoms with Gasteiger partial charge in [0.25, 0.3) is 0 Å². The minimum Gasteiger partial charge on any atom is -0.462 e. The molecule has 45 heavy (non-hydrogen) atoms. The summed E-state index contributed by atoms with van der Waals surface area (Å²) < 4.78 is 32.4. The van der Waals surface area contributed by atoms with E-state index in [-0.39, 0.29) is 19.4 Å². The maximum atomic E-state index is 12.5. The first kappa shape index (κ1) is 43.7. The Morgan fingerprint density at radius 3 is 1.62 bits per heavy atom. The molecule has 266 valence electrons. The van der Waals surface area contributed by atoms with Crippen molar-refractivity contribution in [1.82, 2.24) is 0 Å². The minimum atomic E-state index is -4.60. The zero-order valence-corrected chi connectivity index (χ0v) is 29.2. The zero-order chi connectivity index (χ0) is 33.4. The Balaban J connectivity index is 4.42. The lowest BCUT2D eigenvalue weighted by molar-refractivity contribution is -0.161. The summed E-state index contributed by atoms with van der Waals surface area (Å²) >= 11 is 0. The second-order valence-corrected chi connectivity index (χ2v) is 13.4. The molecule has 0 heterocycles. The number of hydrogen-bond donors (Lipinski definition) is 3. The zero-order valence-electron chi connectivity index (χ0n) is 28.3. The Hall–Kier alpha value is -1.29. The minimum absolute atomic E-state index is 0.177. The van der Waals surface area contributed by atoms with Crippen LogP contribution in [0.4, 0.5) is 0 Å². The van der Waals surface area contributed by atoms with E-state index in [1.807, 2.05) is 0 Å². The lowest BCUT2D eigenvalue weighted by Gasteiger charge is -2.20. The van der Waals surface area contributed by atoms with Crippen LogP contribution < -0.4 is 0 Å². The monoisotopic (exact) mass is 664 g/mol. The van der Waals surface area contributed by atoms with E-state index >= 15 is 0 Å². The van der Waals surface area contributed by atoms with Crippen LogP contribution in [0.15, 0.2) is 12.2 Å². The van der Waals surface area contributed by atoms with Gasteiger partial charge < -0.3 is 24.6 Å². The number of esters is 2. The highest BCUT2D eigenvalue weighted by atomic mass is 31.2. The Kier molecular flexibility index (Phi) is 30.4. The highest BCUT2D eigenvalue weighted by molar-refractivity contribution is 7.47. The Labute approximate surface area is 273 Å². The van der Waals surface area contributed by atoms with Gasteiger partial charge in [0.2, 0.25) is 0 Å². The molecule has 0 aromatic heterocycles. The highest BCUT2D eigenvalue weighted by Crippen LogP contribution is 2.43. The summed E-state index contributed by atoms with van der Waals surface area (Å²) in [6, 6.07) is 0. The van der Waals surface area contributed by atoms with E-state index in [2.05, 4.69) is 30.5 Å². The molecule has 1 unspecified atom stereocenters. The van der Waals surface area contributed by atoms with E-state index in [9.17, 15) is 24.2 Å². The normalized spacial score (nSPS) is 14.3. The number of aliphatic hydroxyl groups excluding tert-OH is 2. The SMILES string of the molecule is CCCCCC/C=C\CCCCCCCC(=O)O[C@H](COC(=O)CCCCCCCCCCC)COP(=O)(O)OC[C@@H](O)CO. The largest absolute Gasteiger partial charge is 0.472 e. The maximum absolute atomic E-state index is 12.5. The van der Waals surface area contributed by atoms with Gasteiger partial charge in [-0.3, -0.25) is 18.6 Å². The van der Waals surface area contributed by atoms with E-state index in [1.54, 1.807) is 0 Å². The molecule has 3 atom stereocenters. The average molecular weight is 665 g/mol. The first-order chi connectivity index (χ1) is 21.7. The number of carbonyl (C=O) groups is 2. The summed E-state index contributed by atoms with van der Waals surface area (Å²) in [5.41, 5.74) is 0. The third-order valence-electron chi connectivity index (χ3n) is 7.42. The van der Waals surface area contributed by atoms with Gasteiger partial charge in [-0.1, -0.05) is 116 Å². The van der Waals surface area contributed by atoms with Crippen molar-refractivity contribution in [1.29, 1.82) is 0 Å². The number of unbranched alkanes of at least 4 members (excludes halogenated alkanes) is 17. The van der Waals surface area contributed by atoms with Gasteiger partial charge >= 0.3 is 19.8 Å². The van der Waals surface area contributed by atoms with Crippen molar-refractivity contribution < 1.29 is 47.8 Å². The number of rotatable bonds is 33. The predicted molar refractivity (Wildman–Crippen MR) is 178 cm³/mol. The van der Waals surface area contributed by atoms with Gasteiger partial charge in [0.1, 0.15) is 12.7 Å². The molecule has 0 spiro atoms. The fourth-order valence-electron chi connectivity index (χ4n) is 4.63. The van der Waals surface area contributed by atoms with Crippen molar-refractivity contribution >= 4 is 19.8 Å². The van der Waals surface area contributed by atoms with E-state index in [4.69, 9.17) is 19.1 Å². The van der Waals surface area contributed by atoms with Crippen LogP contribution in [-0.4, -0.2) is 65.7 Å². The van der Waals surface area contributed by atoms with Crippen molar-refractivity contribution in [3.63, 3.8) is 0 Å². The van der Waals surface area contributed by atoms with Crippen LogP contribution in [-0.2, 0) is 32.7 Å².